The molecular formula is C14H20N2S. The van der Waals surface area contributed by atoms with E-state index in [1.165, 1.54) is 31.4 Å². The fourth-order valence-corrected chi connectivity index (χ4v) is 2.44. The predicted octanol–water partition coefficient (Wildman–Crippen LogP) is 2.55. The van der Waals surface area contributed by atoms with Crippen LogP contribution in [0.1, 0.15) is 30.4 Å². The van der Waals surface area contributed by atoms with Crippen LogP contribution in [-0.4, -0.2) is 23.5 Å². The van der Waals surface area contributed by atoms with Gasteiger partial charge in [-0.1, -0.05) is 36.8 Å². The van der Waals surface area contributed by atoms with Gasteiger partial charge in [0.15, 0.2) is 0 Å². The lowest BCUT2D eigenvalue weighted by Crippen LogP contribution is -2.29. The maximum absolute atomic E-state index is 5.64. The average Bonchev–Trinajstić information content (AvgIpc) is 2.24. The summed E-state index contributed by atoms with van der Waals surface area (Å²) in [5.41, 5.74) is 7.90. The van der Waals surface area contributed by atoms with Gasteiger partial charge in [-0.3, -0.25) is 0 Å². The van der Waals surface area contributed by atoms with E-state index in [9.17, 15) is 0 Å². The van der Waals surface area contributed by atoms with E-state index in [4.69, 9.17) is 18.0 Å². The number of thiocarbonyl (C=S) groups is 1. The van der Waals surface area contributed by atoms with Crippen molar-refractivity contribution in [2.75, 3.05) is 13.6 Å². The summed E-state index contributed by atoms with van der Waals surface area (Å²) in [7, 11) is 2.19. The third-order valence-corrected chi connectivity index (χ3v) is 3.69. The molecule has 1 aliphatic rings. The number of hydrogen-bond donors (Lipinski definition) is 1. The Hall–Kier alpha value is -0.930. The lowest BCUT2D eigenvalue weighted by molar-refractivity contribution is 0.200. The minimum absolute atomic E-state index is 0.480. The number of rotatable bonds is 5. The molecule has 0 saturated heterocycles. The van der Waals surface area contributed by atoms with Gasteiger partial charge in [-0.2, -0.15) is 0 Å². The van der Waals surface area contributed by atoms with Gasteiger partial charge in [0.05, 0.1) is 0 Å². The topological polar surface area (TPSA) is 29.3 Å². The van der Waals surface area contributed by atoms with Gasteiger partial charge in [0, 0.05) is 18.7 Å². The highest BCUT2D eigenvalue weighted by atomic mass is 32.1. The van der Waals surface area contributed by atoms with Gasteiger partial charge in [-0.15, -0.1) is 0 Å². The Morgan fingerprint density at radius 2 is 2.24 bits per heavy atom. The second-order valence-electron chi connectivity index (χ2n) is 5.06. The average molecular weight is 248 g/mol. The molecule has 0 bridgehead atoms. The maximum Gasteiger partial charge on any atom is 0.103 e. The predicted molar refractivity (Wildman–Crippen MR) is 76.0 cm³/mol. The molecule has 0 spiro atoms. The molecular weight excluding hydrogens is 228 g/mol. The van der Waals surface area contributed by atoms with Crippen LogP contribution in [0.4, 0.5) is 0 Å². The van der Waals surface area contributed by atoms with E-state index in [1.807, 2.05) is 12.1 Å². The van der Waals surface area contributed by atoms with Crippen LogP contribution in [0.25, 0.3) is 0 Å². The second-order valence-corrected chi connectivity index (χ2v) is 5.50. The maximum atomic E-state index is 5.64. The van der Waals surface area contributed by atoms with E-state index in [-0.39, 0.29) is 0 Å². The molecule has 17 heavy (non-hydrogen) atoms. The first-order valence-corrected chi connectivity index (χ1v) is 6.63. The van der Waals surface area contributed by atoms with Crippen molar-refractivity contribution in [1.29, 1.82) is 0 Å². The zero-order valence-electron chi connectivity index (χ0n) is 10.4. The van der Waals surface area contributed by atoms with Gasteiger partial charge in [0.2, 0.25) is 0 Å². The van der Waals surface area contributed by atoms with Crippen LogP contribution >= 0.6 is 12.2 Å². The molecule has 0 amide bonds. The van der Waals surface area contributed by atoms with Gasteiger partial charge in [0.1, 0.15) is 4.99 Å². The summed E-state index contributed by atoms with van der Waals surface area (Å²) in [6.45, 7) is 2.18. The molecule has 1 aromatic rings. The van der Waals surface area contributed by atoms with Crippen LogP contribution in [0.5, 0.6) is 0 Å². The molecule has 1 saturated carbocycles. The summed E-state index contributed by atoms with van der Waals surface area (Å²) >= 11 is 5.00. The van der Waals surface area contributed by atoms with E-state index < -0.39 is 0 Å². The van der Waals surface area contributed by atoms with Crippen LogP contribution in [0, 0.1) is 5.92 Å². The number of nitrogens with zero attached hydrogens (tertiary/aromatic N) is 1. The van der Waals surface area contributed by atoms with E-state index in [0.717, 1.165) is 18.0 Å². The van der Waals surface area contributed by atoms with Crippen molar-refractivity contribution in [3.8, 4) is 0 Å². The summed E-state index contributed by atoms with van der Waals surface area (Å²) < 4.78 is 0. The molecule has 2 rings (SSSR count). The molecule has 0 unspecified atom stereocenters. The highest BCUT2D eigenvalue weighted by Gasteiger charge is 2.18. The lowest BCUT2D eigenvalue weighted by Gasteiger charge is -2.30. The second kappa shape index (κ2) is 5.61. The van der Waals surface area contributed by atoms with E-state index in [2.05, 4.69) is 24.1 Å². The summed E-state index contributed by atoms with van der Waals surface area (Å²) in [5.74, 6) is 0.916. The number of benzene rings is 1. The van der Waals surface area contributed by atoms with E-state index in [0.29, 0.717) is 4.99 Å². The molecule has 1 aliphatic carbocycles. The first kappa shape index (κ1) is 12.5. The molecule has 0 aliphatic heterocycles. The Morgan fingerprint density at radius 3 is 2.82 bits per heavy atom. The molecule has 0 aromatic heterocycles. The molecule has 1 aromatic carbocycles. The molecule has 0 radical (unpaired) electrons. The largest absolute Gasteiger partial charge is 0.389 e. The molecule has 2 N–H and O–H groups in total. The lowest BCUT2D eigenvalue weighted by atomic mass is 9.85. The van der Waals surface area contributed by atoms with Crippen molar-refractivity contribution in [2.24, 2.45) is 11.7 Å². The first-order chi connectivity index (χ1) is 8.15. The Balaban J connectivity index is 1.92. The number of hydrogen-bond acceptors (Lipinski definition) is 2. The molecule has 3 heteroatoms. The van der Waals surface area contributed by atoms with Crippen molar-refractivity contribution in [3.63, 3.8) is 0 Å². The Labute approximate surface area is 109 Å². The number of nitrogens with two attached hydrogens (primary N) is 1. The van der Waals surface area contributed by atoms with Crippen molar-refractivity contribution < 1.29 is 0 Å². The Morgan fingerprint density at radius 1 is 1.47 bits per heavy atom. The minimum Gasteiger partial charge on any atom is -0.389 e. The van der Waals surface area contributed by atoms with Crippen molar-refractivity contribution in [2.45, 2.75) is 25.8 Å². The fraction of sp³-hybridized carbons (Fsp3) is 0.500. The van der Waals surface area contributed by atoms with Gasteiger partial charge in [-0.25, -0.2) is 0 Å². The van der Waals surface area contributed by atoms with Crippen LogP contribution in [-0.2, 0) is 6.54 Å². The highest BCUT2D eigenvalue weighted by Crippen LogP contribution is 2.27. The summed E-state index contributed by atoms with van der Waals surface area (Å²) in [5, 5.41) is 0. The summed E-state index contributed by atoms with van der Waals surface area (Å²) in [4.78, 5) is 2.87. The van der Waals surface area contributed by atoms with E-state index in [1.54, 1.807) is 0 Å². The minimum atomic E-state index is 0.480. The molecule has 0 atom stereocenters. The third kappa shape index (κ3) is 3.51. The normalized spacial score (nSPS) is 15.9. The standard InChI is InChI=1S/C14H20N2S/c1-16(9-11-4-2-5-11)10-12-6-3-7-13(8-12)14(15)17/h3,6-8,11H,2,4-5,9-10H2,1H3,(H2,15,17). The summed E-state index contributed by atoms with van der Waals surface area (Å²) in [6, 6.07) is 8.23. The van der Waals surface area contributed by atoms with Crippen molar-refractivity contribution in [1.82, 2.24) is 4.90 Å². The molecule has 2 nitrogen and oxygen atoms in total. The van der Waals surface area contributed by atoms with Gasteiger partial charge in [-0.05, 0) is 37.4 Å². The zero-order valence-corrected chi connectivity index (χ0v) is 11.2. The first-order valence-electron chi connectivity index (χ1n) is 6.22. The third-order valence-electron chi connectivity index (χ3n) is 3.46. The van der Waals surface area contributed by atoms with Gasteiger partial charge in [0.25, 0.3) is 0 Å². The van der Waals surface area contributed by atoms with Crippen molar-refractivity contribution in [3.05, 3.63) is 35.4 Å². The SMILES string of the molecule is CN(Cc1cccc(C(N)=S)c1)CC1CCC1. The molecule has 1 fully saturated rings. The fourth-order valence-electron chi connectivity index (χ4n) is 2.32. The van der Waals surface area contributed by atoms with Gasteiger partial charge >= 0.3 is 0 Å². The Bertz CT molecular complexity index is 399. The molecule has 92 valence electrons. The highest BCUT2D eigenvalue weighted by molar-refractivity contribution is 7.80. The van der Waals surface area contributed by atoms with Crippen LogP contribution in [0.2, 0.25) is 0 Å². The monoisotopic (exact) mass is 248 g/mol. The van der Waals surface area contributed by atoms with Crippen LogP contribution < -0.4 is 5.73 Å². The smallest absolute Gasteiger partial charge is 0.103 e. The van der Waals surface area contributed by atoms with Gasteiger partial charge < -0.3 is 10.6 Å². The van der Waals surface area contributed by atoms with Crippen LogP contribution in [0.15, 0.2) is 24.3 Å². The zero-order chi connectivity index (χ0) is 12.3. The summed E-state index contributed by atoms with van der Waals surface area (Å²) in [6.07, 6.45) is 4.21. The van der Waals surface area contributed by atoms with E-state index >= 15 is 0 Å². The molecule has 0 heterocycles. The van der Waals surface area contributed by atoms with Crippen LogP contribution in [0.3, 0.4) is 0 Å². The Kier molecular flexibility index (Phi) is 4.13. The van der Waals surface area contributed by atoms with Crippen molar-refractivity contribution >= 4 is 17.2 Å². The quantitative estimate of drug-likeness (QED) is 0.812.